The van der Waals surface area contributed by atoms with E-state index in [4.69, 9.17) is 0 Å². The molecule has 2 amide bonds. The van der Waals surface area contributed by atoms with Crippen molar-refractivity contribution in [1.29, 1.82) is 0 Å². The Morgan fingerprint density at radius 1 is 1.17 bits per heavy atom. The summed E-state index contributed by atoms with van der Waals surface area (Å²) in [6.07, 6.45) is 7.57. The normalized spacial score (nSPS) is 14.8. The number of carbonyl (C=O) groups is 2. The molecule has 0 unspecified atom stereocenters. The fourth-order valence-corrected chi connectivity index (χ4v) is 2.78. The minimum absolute atomic E-state index is 0.00687. The van der Waals surface area contributed by atoms with E-state index in [9.17, 15) is 9.59 Å². The van der Waals surface area contributed by atoms with Gasteiger partial charge in [0.2, 0.25) is 11.8 Å². The number of rotatable bonds is 6. The Hall–Kier alpha value is -2.30. The molecule has 0 saturated heterocycles. The highest BCUT2D eigenvalue weighted by atomic mass is 16.2. The summed E-state index contributed by atoms with van der Waals surface area (Å²) in [4.78, 5) is 24.6. The van der Waals surface area contributed by atoms with Crippen molar-refractivity contribution < 1.29 is 9.59 Å². The highest BCUT2D eigenvalue weighted by molar-refractivity contribution is 5.96. The van der Waals surface area contributed by atoms with Gasteiger partial charge in [-0.1, -0.05) is 25.8 Å². The number of hydrogen-bond donors (Lipinski definition) is 2. The third kappa shape index (κ3) is 5.43. The van der Waals surface area contributed by atoms with Gasteiger partial charge in [0.05, 0.1) is 6.54 Å². The van der Waals surface area contributed by atoms with Crippen LogP contribution < -0.4 is 10.6 Å². The second-order valence-electron chi connectivity index (χ2n) is 6.00. The molecule has 1 saturated carbocycles. The predicted molar refractivity (Wildman–Crippen MR) is 93.4 cm³/mol. The largest absolute Gasteiger partial charge is 0.382 e. The zero-order chi connectivity index (χ0) is 16.7. The lowest BCUT2D eigenvalue weighted by Crippen LogP contribution is -2.33. The molecule has 0 spiro atoms. The molecule has 2 rings (SSSR count). The zero-order valence-electron chi connectivity index (χ0n) is 13.7. The van der Waals surface area contributed by atoms with Gasteiger partial charge in [0.1, 0.15) is 0 Å². The molecule has 1 aromatic carbocycles. The van der Waals surface area contributed by atoms with Crippen molar-refractivity contribution in [3.05, 3.63) is 36.9 Å². The van der Waals surface area contributed by atoms with Gasteiger partial charge >= 0.3 is 0 Å². The molecule has 1 aromatic rings. The Morgan fingerprint density at radius 2 is 1.78 bits per heavy atom. The number of nitrogens with one attached hydrogen (secondary N) is 2. The van der Waals surface area contributed by atoms with E-state index in [1.54, 1.807) is 7.05 Å². The number of hydrogen-bond acceptors (Lipinski definition) is 3. The number of benzene rings is 1. The topological polar surface area (TPSA) is 61.4 Å². The molecular weight excluding hydrogens is 290 g/mol. The smallest absolute Gasteiger partial charge is 0.246 e. The maximum absolute atomic E-state index is 11.9. The summed E-state index contributed by atoms with van der Waals surface area (Å²) in [6, 6.07) is 8.25. The first kappa shape index (κ1) is 17.1. The molecule has 2 N–H and O–H groups in total. The van der Waals surface area contributed by atoms with Gasteiger partial charge in [-0.3, -0.25) is 9.59 Å². The van der Waals surface area contributed by atoms with E-state index < -0.39 is 0 Å². The van der Waals surface area contributed by atoms with Crippen LogP contribution in [0.2, 0.25) is 0 Å². The van der Waals surface area contributed by atoms with Crippen molar-refractivity contribution in [2.75, 3.05) is 24.2 Å². The van der Waals surface area contributed by atoms with Crippen LogP contribution in [0.15, 0.2) is 36.9 Å². The third-order valence-corrected chi connectivity index (χ3v) is 4.08. The van der Waals surface area contributed by atoms with Gasteiger partial charge in [-0.25, -0.2) is 0 Å². The second-order valence-corrected chi connectivity index (χ2v) is 6.00. The average molecular weight is 315 g/mol. The summed E-state index contributed by atoms with van der Waals surface area (Å²) in [7, 11) is 1.57. The molecule has 0 bridgehead atoms. The SMILES string of the molecule is C=CC(=O)N(C)CC(=O)Nc1ccc(NC2CCCCC2)cc1. The quantitative estimate of drug-likeness (QED) is 0.793. The van der Waals surface area contributed by atoms with Gasteiger partial charge in [-0.15, -0.1) is 0 Å². The number of nitrogens with zero attached hydrogens (tertiary/aromatic N) is 1. The molecule has 1 fully saturated rings. The minimum atomic E-state index is -0.271. The second kappa shape index (κ2) is 8.36. The molecule has 1 aliphatic carbocycles. The molecule has 124 valence electrons. The third-order valence-electron chi connectivity index (χ3n) is 4.08. The Balaban J connectivity index is 1.83. The van der Waals surface area contributed by atoms with Gasteiger partial charge in [0.25, 0.3) is 0 Å². The zero-order valence-corrected chi connectivity index (χ0v) is 13.7. The maximum atomic E-state index is 11.9. The van der Waals surface area contributed by atoms with Crippen molar-refractivity contribution in [3.63, 3.8) is 0 Å². The van der Waals surface area contributed by atoms with Crippen molar-refractivity contribution in [1.82, 2.24) is 4.90 Å². The van der Waals surface area contributed by atoms with Gasteiger partial charge in [0, 0.05) is 24.5 Å². The van der Waals surface area contributed by atoms with E-state index in [2.05, 4.69) is 17.2 Å². The van der Waals surface area contributed by atoms with Crippen molar-refractivity contribution in [2.45, 2.75) is 38.1 Å². The van der Waals surface area contributed by atoms with E-state index in [0.29, 0.717) is 6.04 Å². The fourth-order valence-electron chi connectivity index (χ4n) is 2.78. The molecule has 5 heteroatoms. The van der Waals surface area contributed by atoms with E-state index >= 15 is 0 Å². The lowest BCUT2D eigenvalue weighted by Gasteiger charge is -2.24. The van der Waals surface area contributed by atoms with Crippen LogP contribution in [0.5, 0.6) is 0 Å². The van der Waals surface area contributed by atoms with Gasteiger partial charge in [-0.2, -0.15) is 0 Å². The van der Waals surface area contributed by atoms with Crippen LogP contribution in [0.4, 0.5) is 11.4 Å². The van der Waals surface area contributed by atoms with Gasteiger partial charge < -0.3 is 15.5 Å². The summed E-state index contributed by atoms with van der Waals surface area (Å²) in [5.41, 5.74) is 1.80. The van der Waals surface area contributed by atoms with Crippen LogP contribution in [0.1, 0.15) is 32.1 Å². The van der Waals surface area contributed by atoms with Crippen molar-refractivity contribution in [3.8, 4) is 0 Å². The summed E-state index contributed by atoms with van der Waals surface area (Å²) in [5.74, 6) is -0.497. The molecule has 0 heterocycles. The monoisotopic (exact) mass is 315 g/mol. The number of likely N-dealkylation sites (N-methyl/N-ethyl adjacent to an activating group) is 1. The number of anilines is 2. The van der Waals surface area contributed by atoms with Crippen LogP contribution in [-0.4, -0.2) is 36.3 Å². The van der Waals surface area contributed by atoms with Crippen molar-refractivity contribution in [2.24, 2.45) is 0 Å². The van der Waals surface area contributed by atoms with Crippen LogP contribution in [0, 0.1) is 0 Å². The lowest BCUT2D eigenvalue weighted by molar-refractivity contribution is -0.129. The molecule has 0 atom stereocenters. The summed E-state index contributed by atoms with van der Waals surface area (Å²) < 4.78 is 0. The Morgan fingerprint density at radius 3 is 2.39 bits per heavy atom. The molecule has 1 aliphatic rings. The summed E-state index contributed by atoms with van der Waals surface area (Å²) >= 11 is 0. The molecular formula is C18H25N3O2. The molecule has 0 aliphatic heterocycles. The van der Waals surface area contributed by atoms with E-state index in [0.717, 1.165) is 11.4 Å². The van der Waals surface area contributed by atoms with Crippen LogP contribution in [-0.2, 0) is 9.59 Å². The van der Waals surface area contributed by atoms with Crippen LogP contribution >= 0.6 is 0 Å². The predicted octanol–water partition coefficient (Wildman–Crippen LogP) is 3.01. The van der Waals surface area contributed by atoms with Crippen LogP contribution in [0.25, 0.3) is 0 Å². The summed E-state index contributed by atoms with van der Waals surface area (Å²) in [5, 5.41) is 6.33. The first-order valence-corrected chi connectivity index (χ1v) is 8.12. The van der Waals surface area contributed by atoms with Gasteiger partial charge in [0.15, 0.2) is 0 Å². The number of carbonyl (C=O) groups excluding carboxylic acids is 2. The molecule has 5 nitrogen and oxygen atoms in total. The average Bonchev–Trinajstić information content (AvgIpc) is 2.56. The standard InChI is InChI=1S/C18H25N3O2/c1-3-18(23)21(2)13-17(22)20-16-11-9-15(10-12-16)19-14-7-5-4-6-8-14/h3,9-12,14,19H,1,4-8,13H2,2H3,(H,20,22). The Bertz CT molecular complexity index is 548. The maximum Gasteiger partial charge on any atom is 0.246 e. The van der Waals surface area contributed by atoms with E-state index in [1.165, 1.54) is 43.1 Å². The first-order chi connectivity index (χ1) is 11.1. The van der Waals surface area contributed by atoms with Crippen LogP contribution in [0.3, 0.4) is 0 Å². The molecule has 0 aromatic heterocycles. The Kier molecular flexibility index (Phi) is 6.20. The first-order valence-electron chi connectivity index (χ1n) is 8.12. The molecule has 0 radical (unpaired) electrons. The minimum Gasteiger partial charge on any atom is -0.382 e. The highest BCUT2D eigenvalue weighted by Gasteiger charge is 2.13. The van der Waals surface area contributed by atoms with E-state index in [-0.39, 0.29) is 18.4 Å². The Labute approximate surface area is 137 Å². The number of amides is 2. The lowest BCUT2D eigenvalue weighted by atomic mass is 9.95. The molecule has 23 heavy (non-hydrogen) atoms. The van der Waals surface area contributed by atoms with Crippen molar-refractivity contribution >= 4 is 23.2 Å². The van der Waals surface area contributed by atoms with E-state index in [1.807, 2.05) is 24.3 Å². The summed E-state index contributed by atoms with van der Waals surface area (Å²) in [6.45, 7) is 3.41. The highest BCUT2D eigenvalue weighted by Crippen LogP contribution is 2.22. The fraction of sp³-hybridized carbons (Fsp3) is 0.444. The van der Waals surface area contributed by atoms with Gasteiger partial charge in [-0.05, 0) is 43.2 Å².